The van der Waals surface area contributed by atoms with Crippen molar-refractivity contribution >= 4 is 40.7 Å². The molecule has 0 radical (unpaired) electrons. The van der Waals surface area contributed by atoms with Gasteiger partial charge >= 0.3 is 0 Å². The first-order valence-corrected chi connectivity index (χ1v) is 10.2. The number of ether oxygens (including phenoxy) is 1. The molecule has 1 atom stereocenters. The maximum Gasteiger partial charge on any atom is 0.262 e. The number of hydrogen-bond donors (Lipinski definition) is 2. The molecule has 1 aliphatic heterocycles. The van der Waals surface area contributed by atoms with Crippen molar-refractivity contribution in [3.8, 4) is 5.75 Å². The summed E-state index contributed by atoms with van der Waals surface area (Å²) < 4.78 is 5.54. The van der Waals surface area contributed by atoms with Gasteiger partial charge in [0.05, 0.1) is 5.92 Å². The van der Waals surface area contributed by atoms with Gasteiger partial charge in [-0.05, 0) is 48.9 Å². The van der Waals surface area contributed by atoms with Crippen molar-refractivity contribution in [2.24, 2.45) is 5.92 Å². The Labute approximate surface area is 186 Å². The molecule has 0 aliphatic carbocycles. The Balaban J connectivity index is 1.54. The summed E-state index contributed by atoms with van der Waals surface area (Å²) in [5, 5.41) is 6.07. The van der Waals surface area contributed by atoms with E-state index >= 15 is 0 Å². The minimum absolute atomic E-state index is 0.108. The second-order valence-electron chi connectivity index (χ2n) is 7.18. The lowest BCUT2D eigenvalue weighted by atomic mass is 10.1. The first kappa shape index (κ1) is 22.4. The molecule has 3 rings (SSSR count). The summed E-state index contributed by atoms with van der Waals surface area (Å²) in [6.07, 6.45) is 1.77. The van der Waals surface area contributed by atoms with Crippen LogP contribution in [0.3, 0.4) is 0 Å². The van der Waals surface area contributed by atoms with Gasteiger partial charge in [-0.15, -0.1) is 6.58 Å². The van der Waals surface area contributed by atoms with Crippen LogP contribution >= 0.6 is 11.6 Å². The molecule has 0 aromatic heterocycles. The van der Waals surface area contributed by atoms with Crippen LogP contribution in [0.15, 0.2) is 55.1 Å². The van der Waals surface area contributed by atoms with E-state index in [2.05, 4.69) is 17.2 Å². The molecule has 2 aromatic rings. The van der Waals surface area contributed by atoms with Crippen molar-refractivity contribution < 1.29 is 19.1 Å². The van der Waals surface area contributed by atoms with Crippen molar-refractivity contribution in [3.05, 3.63) is 65.7 Å². The van der Waals surface area contributed by atoms with Crippen LogP contribution in [0.5, 0.6) is 5.75 Å². The Hall–Kier alpha value is -3.32. The Morgan fingerprint density at radius 3 is 2.71 bits per heavy atom. The van der Waals surface area contributed by atoms with E-state index in [-0.39, 0.29) is 36.7 Å². The van der Waals surface area contributed by atoms with E-state index in [1.807, 2.05) is 6.92 Å². The molecular weight excluding hydrogens is 418 g/mol. The first-order valence-electron chi connectivity index (χ1n) is 9.86. The molecule has 3 amide bonds. The van der Waals surface area contributed by atoms with Crippen LogP contribution < -0.4 is 20.3 Å². The van der Waals surface area contributed by atoms with Gasteiger partial charge in [-0.1, -0.05) is 23.7 Å². The summed E-state index contributed by atoms with van der Waals surface area (Å²) in [5.74, 6) is -0.464. The molecule has 7 nitrogen and oxygen atoms in total. The molecule has 1 aliphatic rings. The van der Waals surface area contributed by atoms with Gasteiger partial charge in [0.1, 0.15) is 5.75 Å². The summed E-state index contributed by atoms with van der Waals surface area (Å²) >= 11 is 6.06. The van der Waals surface area contributed by atoms with E-state index in [1.165, 1.54) is 0 Å². The van der Waals surface area contributed by atoms with Gasteiger partial charge in [0.15, 0.2) is 6.61 Å². The largest absolute Gasteiger partial charge is 0.484 e. The van der Waals surface area contributed by atoms with Crippen molar-refractivity contribution in [1.82, 2.24) is 5.32 Å². The standard InChI is InChI=1S/C23H24ClN3O4/c1-3-11-25-23(30)16-12-22(29)27(13-16)17-7-9-18(10-8-17)31-14-21(28)26-20-6-4-5-19(24)15(20)2/h3-10,16H,1,11-14H2,2H3,(H,25,30)(H,26,28)/t16-/m1/s1. The predicted octanol–water partition coefficient (Wildman–Crippen LogP) is 3.32. The smallest absolute Gasteiger partial charge is 0.262 e. The quantitative estimate of drug-likeness (QED) is 0.615. The Morgan fingerprint density at radius 1 is 1.26 bits per heavy atom. The highest BCUT2D eigenvalue weighted by molar-refractivity contribution is 6.31. The molecule has 1 saturated heterocycles. The lowest BCUT2D eigenvalue weighted by molar-refractivity contribution is -0.126. The van der Waals surface area contributed by atoms with E-state index in [4.69, 9.17) is 16.3 Å². The zero-order valence-corrected chi connectivity index (χ0v) is 17.9. The van der Waals surface area contributed by atoms with Crippen LogP contribution in [0.1, 0.15) is 12.0 Å². The number of halogens is 1. The first-order chi connectivity index (χ1) is 14.9. The average Bonchev–Trinajstić information content (AvgIpc) is 3.16. The molecule has 31 heavy (non-hydrogen) atoms. The minimum Gasteiger partial charge on any atom is -0.484 e. The van der Waals surface area contributed by atoms with Gasteiger partial charge < -0.3 is 20.3 Å². The fourth-order valence-electron chi connectivity index (χ4n) is 3.25. The molecule has 0 spiro atoms. The lowest BCUT2D eigenvalue weighted by Gasteiger charge is -2.17. The maximum atomic E-state index is 12.3. The average molecular weight is 442 g/mol. The molecule has 1 fully saturated rings. The number of anilines is 2. The molecule has 8 heteroatoms. The second-order valence-corrected chi connectivity index (χ2v) is 7.59. The summed E-state index contributed by atoms with van der Waals surface area (Å²) in [7, 11) is 0. The third-order valence-electron chi connectivity index (χ3n) is 4.98. The Bertz CT molecular complexity index is 991. The molecular formula is C23H24ClN3O4. The number of carbonyl (C=O) groups excluding carboxylic acids is 3. The monoisotopic (exact) mass is 441 g/mol. The highest BCUT2D eigenvalue weighted by Crippen LogP contribution is 2.27. The molecule has 2 N–H and O–H groups in total. The SMILES string of the molecule is C=CCNC(=O)[C@@H]1CC(=O)N(c2ccc(OCC(=O)Nc3cccc(Cl)c3C)cc2)C1. The highest BCUT2D eigenvalue weighted by Gasteiger charge is 2.34. The summed E-state index contributed by atoms with van der Waals surface area (Å²) in [6, 6.07) is 12.1. The zero-order chi connectivity index (χ0) is 22.4. The van der Waals surface area contributed by atoms with Crippen molar-refractivity contribution in [2.45, 2.75) is 13.3 Å². The summed E-state index contributed by atoms with van der Waals surface area (Å²) in [6.45, 7) is 5.92. The predicted molar refractivity (Wildman–Crippen MR) is 120 cm³/mol. The normalized spacial score (nSPS) is 15.5. The zero-order valence-electron chi connectivity index (χ0n) is 17.2. The number of benzene rings is 2. The molecule has 0 bridgehead atoms. The van der Waals surface area contributed by atoms with E-state index in [0.717, 1.165) is 5.56 Å². The van der Waals surface area contributed by atoms with Crippen LogP contribution in [0.2, 0.25) is 5.02 Å². The number of amides is 3. The molecule has 2 aromatic carbocycles. The molecule has 162 valence electrons. The summed E-state index contributed by atoms with van der Waals surface area (Å²) in [4.78, 5) is 38.2. The molecule has 0 unspecified atom stereocenters. The number of nitrogens with zero attached hydrogens (tertiary/aromatic N) is 1. The van der Waals surface area contributed by atoms with Crippen molar-refractivity contribution in [2.75, 3.05) is 29.9 Å². The number of rotatable bonds is 8. The Morgan fingerprint density at radius 2 is 2.00 bits per heavy atom. The van der Waals surface area contributed by atoms with E-state index in [1.54, 1.807) is 53.4 Å². The van der Waals surface area contributed by atoms with E-state index < -0.39 is 0 Å². The van der Waals surface area contributed by atoms with Gasteiger partial charge in [-0.25, -0.2) is 0 Å². The van der Waals surface area contributed by atoms with Crippen molar-refractivity contribution in [1.29, 1.82) is 0 Å². The molecule has 1 heterocycles. The number of nitrogens with one attached hydrogen (secondary N) is 2. The van der Waals surface area contributed by atoms with Gasteiger partial charge in [-0.2, -0.15) is 0 Å². The third kappa shape index (κ3) is 5.64. The van der Waals surface area contributed by atoms with Crippen LogP contribution in [0, 0.1) is 12.8 Å². The topological polar surface area (TPSA) is 87.7 Å². The van der Waals surface area contributed by atoms with Crippen LogP contribution in [0.4, 0.5) is 11.4 Å². The van der Waals surface area contributed by atoms with Crippen LogP contribution in [-0.2, 0) is 14.4 Å². The fourth-order valence-corrected chi connectivity index (χ4v) is 3.42. The van der Waals surface area contributed by atoms with Gasteiger partial charge in [0, 0.05) is 35.9 Å². The minimum atomic E-state index is -0.387. The summed E-state index contributed by atoms with van der Waals surface area (Å²) in [5.41, 5.74) is 2.10. The molecule has 0 saturated carbocycles. The van der Waals surface area contributed by atoms with Crippen LogP contribution in [-0.4, -0.2) is 37.4 Å². The third-order valence-corrected chi connectivity index (χ3v) is 5.39. The van der Waals surface area contributed by atoms with Gasteiger partial charge in [-0.3, -0.25) is 14.4 Å². The van der Waals surface area contributed by atoms with Crippen LogP contribution in [0.25, 0.3) is 0 Å². The van der Waals surface area contributed by atoms with E-state index in [0.29, 0.717) is 35.2 Å². The van der Waals surface area contributed by atoms with E-state index in [9.17, 15) is 14.4 Å². The lowest BCUT2D eigenvalue weighted by Crippen LogP contribution is -2.32. The van der Waals surface area contributed by atoms with Gasteiger partial charge in [0.2, 0.25) is 11.8 Å². The number of carbonyl (C=O) groups is 3. The Kier molecular flexibility index (Phi) is 7.31. The number of hydrogen-bond acceptors (Lipinski definition) is 4. The second kappa shape index (κ2) is 10.1. The fraction of sp³-hybridized carbons (Fsp3) is 0.261. The highest BCUT2D eigenvalue weighted by atomic mass is 35.5. The van der Waals surface area contributed by atoms with Gasteiger partial charge in [0.25, 0.3) is 5.91 Å². The maximum absolute atomic E-state index is 12.3. The van der Waals surface area contributed by atoms with Crippen molar-refractivity contribution in [3.63, 3.8) is 0 Å².